The van der Waals surface area contributed by atoms with Gasteiger partial charge >= 0.3 is 0 Å². The van der Waals surface area contributed by atoms with Gasteiger partial charge in [-0.2, -0.15) is 0 Å². The topological polar surface area (TPSA) is 37.4 Å². The Morgan fingerprint density at radius 3 is 2.94 bits per heavy atom. The molecule has 0 amide bonds. The third-order valence-electron chi connectivity index (χ3n) is 3.59. The van der Waals surface area contributed by atoms with E-state index in [0.29, 0.717) is 6.04 Å². The first-order valence-electron chi connectivity index (χ1n) is 6.62. The van der Waals surface area contributed by atoms with Crippen molar-refractivity contribution < 1.29 is 4.74 Å². The molecule has 1 atom stereocenters. The van der Waals surface area contributed by atoms with Crippen LogP contribution in [0.15, 0.2) is 5.38 Å². The van der Waals surface area contributed by atoms with Crippen LogP contribution in [-0.2, 0) is 4.74 Å². The van der Waals surface area contributed by atoms with E-state index in [4.69, 9.17) is 9.72 Å². The second kappa shape index (κ2) is 6.50. The zero-order valence-electron chi connectivity index (χ0n) is 11.5. The van der Waals surface area contributed by atoms with Crippen molar-refractivity contribution in [3.8, 4) is 0 Å². The van der Waals surface area contributed by atoms with Crippen molar-refractivity contribution in [2.45, 2.75) is 25.8 Å². The SMILES string of the molecule is CNC(C)c1csc(N(C)CC2CCOCC2)n1. The zero-order chi connectivity index (χ0) is 13.0. The fourth-order valence-corrected chi connectivity index (χ4v) is 3.09. The number of aromatic nitrogens is 1. The molecule has 0 radical (unpaired) electrons. The molecule has 1 saturated heterocycles. The number of rotatable bonds is 5. The monoisotopic (exact) mass is 269 g/mol. The number of hydrogen-bond acceptors (Lipinski definition) is 5. The molecule has 18 heavy (non-hydrogen) atoms. The van der Waals surface area contributed by atoms with Gasteiger partial charge in [-0.1, -0.05) is 0 Å². The summed E-state index contributed by atoms with van der Waals surface area (Å²) < 4.78 is 5.40. The van der Waals surface area contributed by atoms with E-state index in [9.17, 15) is 0 Å². The van der Waals surface area contributed by atoms with E-state index in [2.05, 4.69) is 29.6 Å². The van der Waals surface area contributed by atoms with Crippen LogP contribution in [0.25, 0.3) is 0 Å². The summed E-state index contributed by atoms with van der Waals surface area (Å²) in [6.07, 6.45) is 2.35. The maximum atomic E-state index is 5.40. The van der Waals surface area contributed by atoms with Gasteiger partial charge in [-0.3, -0.25) is 0 Å². The first kappa shape index (κ1) is 13.8. The molecule has 102 valence electrons. The summed E-state index contributed by atoms with van der Waals surface area (Å²) >= 11 is 1.73. The van der Waals surface area contributed by atoms with Gasteiger partial charge in [-0.25, -0.2) is 4.98 Å². The first-order chi connectivity index (χ1) is 8.70. The van der Waals surface area contributed by atoms with Crippen LogP contribution >= 0.6 is 11.3 Å². The lowest BCUT2D eigenvalue weighted by molar-refractivity contribution is 0.0685. The molecule has 1 fully saturated rings. The van der Waals surface area contributed by atoms with Crippen molar-refractivity contribution in [2.75, 3.05) is 38.8 Å². The number of nitrogens with one attached hydrogen (secondary N) is 1. The number of ether oxygens (including phenoxy) is 1. The molecule has 1 N–H and O–H groups in total. The van der Waals surface area contributed by atoms with Crippen molar-refractivity contribution in [3.05, 3.63) is 11.1 Å². The predicted octanol–water partition coefficient (Wildman–Crippen LogP) is 2.29. The molecular weight excluding hydrogens is 246 g/mol. The fourth-order valence-electron chi connectivity index (χ4n) is 2.19. The van der Waals surface area contributed by atoms with Crippen LogP contribution in [0.5, 0.6) is 0 Å². The van der Waals surface area contributed by atoms with Crippen LogP contribution in [0, 0.1) is 5.92 Å². The second-order valence-corrected chi connectivity index (χ2v) is 5.84. The Bertz CT molecular complexity index is 363. The highest BCUT2D eigenvalue weighted by atomic mass is 32.1. The highest BCUT2D eigenvalue weighted by Crippen LogP contribution is 2.25. The molecule has 2 rings (SSSR count). The molecule has 0 aliphatic carbocycles. The quantitative estimate of drug-likeness (QED) is 0.890. The molecule has 2 heterocycles. The van der Waals surface area contributed by atoms with E-state index in [1.54, 1.807) is 11.3 Å². The molecular formula is C13H23N3OS. The van der Waals surface area contributed by atoms with Gasteiger partial charge in [-0.05, 0) is 32.7 Å². The standard InChI is InChI=1S/C13H23N3OS/c1-10(14-2)12-9-18-13(15-12)16(3)8-11-4-6-17-7-5-11/h9-11,14H,4-8H2,1-3H3. The van der Waals surface area contributed by atoms with Gasteiger partial charge in [-0.15, -0.1) is 11.3 Å². The largest absolute Gasteiger partial charge is 0.381 e. The third kappa shape index (κ3) is 3.43. The Morgan fingerprint density at radius 1 is 1.56 bits per heavy atom. The van der Waals surface area contributed by atoms with Crippen LogP contribution < -0.4 is 10.2 Å². The molecule has 0 bridgehead atoms. The summed E-state index contributed by atoms with van der Waals surface area (Å²) in [6, 6.07) is 0.325. The molecule has 5 heteroatoms. The van der Waals surface area contributed by atoms with E-state index in [0.717, 1.165) is 36.5 Å². The van der Waals surface area contributed by atoms with Crippen molar-refractivity contribution in [2.24, 2.45) is 5.92 Å². The van der Waals surface area contributed by atoms with Crippen molar-refractivity contribution >= 4 is 16.5 Å². The van der Waals surface area contributed by atoms with Crippen LogP contribution in [0.1, 0.15) is 31.5 Å². The van der Waals surface area contributed by atoms with Crippen LogP contribution in [0.2, 0.25) is 0 Å². The van der Waals surface area contributed by atoms with Gasteiger partial charge in [0.25, 0.3) is 0 Å². The molecule has 0 aromatic carbocycles. The van der Waals surface area contributed by atoms with Gasteiger partial charge in [0.1, 0.15) is 0 Å². The molecule has 0 spiro atoms. The Morgan fingerprint density at radius 2 is 2.28 bits per heavy atom. The van der Waals surface area contributed by atoms with Gasteiger partial charge in [0, 0.05) is 38.2 Å². The average molecular weight is 269 g/mol. The predicted molar refractivity (Wildman–Crippen MR) is 76.4 cm³/mol. The first-order valence-corrected chi connectivity index (χ1v) is 7.50. The smallest absolute Gasteiger partial charge is 0.185 e. The Labute approximate surface area is 113 Å². The molecule has 1 aromatic rings. The maximum Gasteiger partial charge on any atom is 0.185 e. The van der Waals surface area contributed by atoms with E-state index >= 15 is 0 Å². The van der Waals surface area contributed by atoms with Crippen LogP contribution in [0.4, 0.5) is 5.13 Å². The van der Waals surface area contributed by atoms with Crippen molar-refractivity contribution in [1.82, 2.24) is 10.3 Å². The van der Waals surface area contributed by atoms with E-state index in [1.807, 2.05) is 7.05 Å². The highest BCUT2D eigenvalue weighted by molar-refractivity contribution is 7.13. The lowest BCUT2D eigenvalue weighted by Crippen LogP contribution is -2.29. The number of anilines is 1. The number of nitrogens with zero attached hydrogens (tertiary/aromatic N) is 2. The molecule has 1 unspecified atom stereocenters. The van der Waals surface area contributed by atoms with Gasteiger partial charge < -0.3 is 15.0 Å². The van der Waals surface area contributed by atoms with Crippen molar-refractivity contribution in [3.63, 3.8) is 0 Å². The molecule has 0 saturated carbocycles. The average Bonchev–Trinajstić information content (AvgIpc) is 2.88. The minimum atomic E-state index is 0.325. The normalized spacial score (nSPS) is 18.8. The molecule has 4 nitrogen and oxygen atoms in total. The third-order valence-corrected chi connectivity index (χ3v) is 4.56. The minimum Gasteiger partial charge on any atom is -0.381 e. The summed E-state index contributed by atoms with van der Waals surface area (Å²) in [7, 11) is 4.11. The summed E-state index contributed by atoms with van der Waals surface area (Å²) in [6.45, 7) is 5.05. The lowest BCUT2D eigenvalue weighted by atomic mass is 10.0. The van der Waals surface area contributed by atoms with Gasteiger partial charge in [0.05, 0.1) is 5.69 Å². The van der Waals surface area contributed by atoms with E-state index in [1.165, 1.54) is 12.8 Å². The molecule has 1 aliphatic rings. The van der Waals surface area contributed by atoms with Crippen LogP contribution in [0.3, 0.4) is 0 Å². The minimum absolute atomic E-state index is 0.325. The lowest BCUT2D eigenvalue weighted by Gasteiger charge is -2.26. The summed E-state index contributed by atoms with van der Waals surface area (Å²) in [5.74, 6) is 0.748. The van der Waals surface area contributed by atoms with E-state index in [-0.39, 0.29) is 0 Å². The van der Waals surface area contributed by atoms with Crippen molar-refractivity contribution in [1.29, 1.82) is 0 Å². The maximum absolute atomic E-state index is 5.40. The zero-order valence-corrected chi connectivity index (χ0v) is 12.3. The Hall–Kier alpha value is -0.650. The van der Waals surface area contributed by atoms with Gasteiger partial charge in [0.15, 0.2) is 5.13 Å². The molecule has 1 aliphatic heterocycles. The summed E-state index contributed by atoms with van der Waals surface area (Å²) in [5, 5.41) is 6.50. The summed E-state index contributed by atoms with van der Waals surface area (Å²) in [5.41, 5.74) is 1.14. The Kier molecular flexibility index (Phi) is 4.97. The van der Waals surface area contributed by atoms with Gasteiger partial charge in [0.2, 0.25) is 0 Å². The Balaban J connectivity index is 1.91. The number of hydrogen-bond donors (Lipinski definition) is 1. The van der Waals surface area contributed by atoms with E-state index < -0.39 is 0 Å². The van der Waals surface area contributed by atoms with Crippen LogP contribution in [-0.4, -0.2) is 38.8 Å². The summed E-state index contributed by atoms with van der Waals surface area (Å²) in [4.78, 5) is 6.98. The molecule has 1 aromatic heterocycles. The number of thiazole rings is 1. The highest BCUT2D eigenvalue weighted by Gasteiger charge is 2.18. The fraction of sp³-hybridized carbons (Fsp3) is 0.769. The second-order valence-electron chi connectivity index (χ2n) is 5.00.